The maximum absolute atomic E-state index is 12.2. The molecule has 3 aromatic rings. The molecule has 0 fully saturated rings. The van der Waals surface area contributed by atoms with E-state index in [1.807, 2.05) is 38.1 Å². The standard InChI is InChI=1S/C14H10N2O2.C2H6/c17-10-7-5-9(6-8-10)13(18)14-15-11-3-1-2-4-12(11)16-14;1-2/h1-8,17H,(H,15,16);1-2H3. The maximum atomic E-state index is 12.2. The minimum absolute atomic E-state index is 0.135. The van der Waals surface area contributed by atoms with Gasteiger partial charge in [0.25, 0.3) is 0 Å². The highest BCUT2D eigenvalue weighted by atomic mass is 16.3. The molecule has 0 amide bonds. The van der Waals surface area contributed by atoms with Crippen molar-refractivity contribution in [1.29, 1.82) is 0 Å². The van der Waals surface area contributed by atoms with Gasteiger partial charge in [-0.2, -0.15) is 0 Å². The molecule has 0 unspecified atom stereocenters. The predicted molar refractivity (Wildman–Crippen MR) is 79.0 cm³/mol. The number of fused-ring (bicyclic) bond motifs is 1. The molecule has 0 saturated carbocycles. The number of phenols is 1. The summed E-state index contributed by atoms with van der Waals surface area (Å²) >= 11 is 0. The number of para-hydroxylation sites is 2. The Morgan fingerprint density at radius 3 is 2.35 bits per heavy atom. The van der Waals surface area contributed by atoms with Crippen LogP contribution in [0.4, 0.5) is 0 Å². The molecule has 0 aliphatic carbocycles. The van der Waals surface area contributed by atoms with Crippen LogP contribution in [-0.4, -0.2) is 20.9 Å². The molecule has 0 saturated heterocycles. The number of hydrogen-bond acceptors (Lipinski definition) is 3. The van der Waals surface area contributed by atoms with E-state index in [2.05, 4.69) is 9.97 Å². The van der Waals surface area contributed by atoms with Crippen molar-refractivity contribution >= 4 is 16.8 Å². The molecular formula is C16H16N2O2. The molecule has 0 bridgehead atoms. The molecule has 2 N–H and O–H groups in total. The average molecular weight is 268 g/mol. The molecule has 0 atom stereocenters. The minimum Gasteiger partial charge on any atom is -0.508 e. The molecule has 1 aromatic heterocycles. The van der Waals surface area contributed by atoms with Crippen molar-refractivity contribution in [3.8, 4) is 5.75 Å². The Hall–Kier alpha value is -2.62. The molecular weight excluding hydrogens is 252 g/mol. The number of aromatic amines is 1. The Kier molecular flexibility index (Phi) is 4.15. The summed E-state index contributed by atoms with van der Waals surface area (Å²) in [5.74, 6) is 0.254. The number of carbonyl (C=O) groups excluding carboxylic acids is 1. The Bertz CT molecular complexity index is 682. The van der Waals surface area contributed by atoms with Gasteiger partial charge in [0.1, 0.15) is 5.75 Å². The lowest BCUT2D eigenvalue weighted by Crippen LogP contribution is -2.03. The summed E-state index contributed by atoms with van der Waals surface area (Å²) in [7, 11) is 0. The van der Waals surface area contributed by atoms with Crippen molar-refractivity contribution in [1.82, 2.24) is 9.97 Å². The van der Waals surface area contributed by atoms with Gasteiger partial charge in [0.15, 0.2) is 5.82 Å². The third kappa shape index (κ3) is 2.69. The zero-order chi connectivity index (χ0) is 14.5. The second kappa shape index (κ2) is 6.02. The first-order chi connectivity index (χ1) is 9.74. The third-order valence-electron chi connectivity index (χ3n) is 2.73. The number of phenolic OH excluding ortho intramolecular Hbond substituents is 1. The molecule has 3 rings (SSSR count). The summed E-state index contributed by atoms with van der Waals surface area (Å²) in [5.41, 5.74) is 2.09. The van der Waals surface area contributed by atoms with Crippen molar-refractivity contribution < 1.29 is 9.90 Å². The van der Waals surface area contributed by atoms with Crippen LogP contribution in [0.2, 0.25) is 0 Å². The zero-order valence-corrected chi connectivity index (χ0v) is 11.4. The molecule has 2 aromatic carbocycles. The number of nitrogens with one attached hydrogen (secondary N) is 1. The van der Waals surface area contributed by atoms with Crippen LogP contribution < -0.4 is 0 Å². The van der Waals surface area contributed by atoms with Crippen molar-refractivity contribution in [2.45, 2.75) is 13.8 Å². The van der Waals surface area contributed by atoms with Gasteiger partial charge in [-0.25, -0.2) is 4.98 Å². The van der Waals surface area contributed by atoms with Gasteiger partial charge in [-0.05, 0) is 36.4 Å². The molecule has 0 radical (unpaired) electrons. The molecule has 4 nitrogen and oxygen atoms in total. The summed E-state index contributed by atoms with van der Waals surface area (Å²) in [6, 6.07) is 13.6. The first-order valence-corrected chi connectivity index (χ1v) is 6.52. The molecule has 0 spiro atoms. The smallest absolute Gasteiger partial charge is 0.228 e. The van der Waals surface area contributed by atoms with Crippen LogP contribution in [0.1, 0.15) is 30.0 Å². The molecule has 0 aliphatic rings. The second-order valence-corrected chi connectivity index (χ2v) is 3.98. The van der Waals surface area contributed by atoms with Crippen LogP contribution in [0.15, 0.2) is 48.5 Å². The van der Waals surface area contributed by atoms with Gasteiger partial charge >= 0.3 is 0 Å². The van der Waals surface area contributed by atoms with Gasteiger partial charge in [0, 0.05) is 5.56 Å². The Morgan fingerprint density at radius 1 is 1.05 bits per heavy atom. The number of aromatic nitrogens is 2. The first kappa shape index (κ1) is 13.8. The highest BCUT2D eigenvalue weighted by Gasteiger charge is 2.13. The van der Waals surface area contributed by atoms with Crippen LogP contribution in [0.25, 0.3) is 11.0 Å². The highest BCUT2D eigenvalue weighted by Crippen LogP contribution is 2.15. The van der Waals surface area contributed by atoms with Gasteiger partial charge in [-0.1, -0.05) is 26.0 Å². The fourth-order valence-electron chi connectivity index (χ4n) is 1.81. The van der Waals surface area contributed by atoms with Crippen LogP contribution in [0, 0.1) is 0 Å². The quantitative estimate of drug-likeness (QED) is 0.699. The zero-order valence-electron chi connectivity index (χ0n) is 11.4. The van der Waals surface area contributed by atoms with E-state index in [4.69, 9.17) is 0 Å². The number of carbonyl (C=O) groups is 1. The van der Waals surface area contributed by atoms with E-state index < -0.39 is 0 Å². The van der Waals surface area contributed by atoms with E-state index in [-0.39, 0.29) is 11.5 Å². The van der Waals surface area contributed by atoms with Crippen LogP contribution >= 0.6 is 0 Å². The lowest BCUT2D eigenvalue weighted by molar-refractivity contribution is 0.103. The van der Waals surface area contributed by atoms with E-state index in [1.54, 1.807) is 12.1 Å². The van der Waals surface area contributed by atoms with Crippen molar-refractivity contribution in [3.05, 3.63) is 59.9 Å². The normalized spacial score (nSPS) is 9.90. The van der Waals surface area contributed by atoms with E-state index in [0.29, 0.717) is 11.4 Å². The van der Waals surface area contributed by atoms with Gasteiger partial charge in [0.05, 0.1) is 11.0 Å². The largest absolute Gasteiger partial charge is 0.508 e. The van der Waals surface area contributed by atoms with Crippen LogP contribution in [0.3, 0.4) is 0 Å². The van der Waals surface area contributed by atoms with Gasteiger partial charge in [0.2, 0.25) is 5.78 Å². The van der Waals surface area contributed by atoms with E-state index in [1.165, 1.54) is 12.1 Å². The number of H-pyrrole nitrogens is 1. The number of nitrogens with zero attached hydrogens (tertiary/aromatic N) is 1. The van der Waals surface area contributed by atoms with Gasteiger partial charge in [-0.15, -0.1) is 0 Å². The van der Waals surface area contributed by atoms with Crippen molar-refractivity contribution in [2.24, 2.45) is 0 Å². The third-order valence-corrected chi connectivity index (χ3v) is 2.73. The SMILES string of the molecule is CC.O=C(c1ccc(O)cc1)c1nc2ccccc2[nH]1. The second-order valence-electron chi connectivity index (χ2n) is 3.98. The van der Waals surface area contributed by atoms with Crippen LogP contribution in [0.5, 0.6) is 5.75 Å². The average Bonchev–Trinajstić information content (AvgIpc) is 2.93. The number of hydrogen-bond donors (Lipinski definition) is 2. The Morgan fingerprint density at radius 2 is 1.70 bits per heavy atom. The van der Waals surface area contributed by atoms with E-state index in [9.17, 15) is 9.90 Å². The number of benzene rings is 2. The summed E-state index contributed by atoms with van der Waals surface area (Å²) in [6.07, 6.45) is 0. The van der Waals surface area contributed by atoms with Gasteiger partial charge in [-0.3, -0.25) is 4.79 Å². The van der Waals surface area contributed by atoms with E-state index >= 15 is 0 Å². The Labute approximate surface area is 117 Å². The summed E-state index contributed by atoms with van der Waals surface area (Å²) in [5, 5.41) is 9.19. The number of aromatic hydroxyl groups is 1. The first-order valence-electron chi connectivity index (χ1n) is 6.52. The molecule has 4 heteroatoms. The number of imidazole rings is 1. The maximum Gasteiger partial charge on any atom is 0.228 e. The van der Waals surface area contributed by atoms with E-state index in [0.717, 1.165) is 11.0 Å². The van der Waals surface area contributed by atoms with Crippen LogP contribution in [-0.2, 0) is 0 Å². The van der Waals surface area contributed by atoms with Crippen molar-refractivity contribution in [3.63, 3.8) is 0 Å². The molecule has 1 heterocycles. The highest BCUT2D eigenvalue weighted by molar-refractivity contribution is 6.07. The minimum atomic E-state index is -0.189. The van der Waals surface area contributed by atoms with Crippen molar-refractivity contribution in [2.75, 3.05) is 0 Å². The molecule has 102 valence electrons. The fraction of sp³-hybridized carbons (Fsp3) is 0.125. The number of rotatable bonds is 2. The summed E-state index contributed by atoms with van der Waals surface area (Å²) < 4.78 is 0. The van der Waals surface area contributed by atoms with Gasteiger partial charge < -0.3 is 10.1 Å². The number of ketones is 1. The topological polar surface area (TPSA) is 66.0 Å². The lowest BCUT2D eigenvalue weighted by Gasteiger charge is -1.97. The monoisotopic (exact) mass is 268 g/mol. The fourth-order valence-corrected chi connectivity index (χ4v) is 1.81. The Balaban J connectivity index is 0.000000704. The molecule has 0 aliphatic heterocycles. The molecule has 20 heavy (non-hydrogen) atoms. The predicted octanol–water partition coefficient (Wildman–Crippen LogP) is 3.53. The summed E-state index contributed by atoms with van der Waals surface area (Å²) in [6.45, 7) is 4.00. The lowest BCUT2D eigenvalue weighted by atomic mass is 10.1. The summed E-state index contributed by atoms with van der Waals surface area (Å²) in [4.78, 5) is 19.4.